The van der Waals surface area contributed by atoms with Crippen molar-refractivity contribution >= 4 is 52.2 Å². The first kappa shape index (κ1) is 27.4. The van der Waals surface area contributed by atoms with Crippen LogP contribution in [0.15, 0.2) is 41.5 Å². The molecule has 0 saturated carbocycles. The summed E-state index contributed by atoms with van der Waals surface area (Å²) in [6, 6.07) is 10.9. The van der Waals surface area contributed by atoms with Gasteiger partial charge in [0, 0.05) is 18.8 Å². The van der Waals surface area contributed by atoms with E-state index in [-0.39, 0.29) is 25.2 Å². The van der Waals surface area contributed by atoms with Gasteiger partial charge in [0.2, 0.25) is 0 Å². The Balaban J connectivity index is 1.55. The van der Waals surface area contributed by atoms with E-state index < -0.39 is 11.8 Å². The van der Waals surface area contributed by atoms with Crippen LogP contribution in [0.5, 0.6) is 11.5 Å². The molecule has 2 aromatic rings. The Morgan fingerprint density at radius 1 is 1.17 bits per heavy atom. The number of hydrogen-bond donors (Lipinski definition) is 3. The lowest BCUT2D eigenvalue weighted by Crippen LogP contribution is -2.41. The summed E-state index contributed by atoms with van der Waals surface area (Å²) >= 11 is 2.07. The summed E-state index contributed by atoms with van der Waals surface area (Å²) in [7, 11) is 0. The van der Waals surface area contributed by atoms with Crippen LogP contribution in [0.1, 0.15) is 30.9 Å². The Kier molecular flexibility index (Phi) is 10.5. The first-order chi connectivity index (χ1) is 17.4. The Morgan fingerprint density at radius 2 is 1.94 bits per heavy atom. The molecular formula is C25H29IN4O6. The highest BCUT2D eigenvalue weighted by atomic mass is 127. The number of rotatable bonds is 10. The zero-order valence-corrected chi connectivity index (χ0v) is 22.3. The maximum absolute atomic E-state index is 12.3. The van der Waals surface area contributed by atoms with Crippen molar-refractivity contribution in [1.82, 2.24) is 10.7 Å². The maximum Gasteiger partial charge on any atom is 0.329 e. The van der Waals surface area contributed by atoms with Gasteiger partial charge in [-0.2, -0.15) is 5.10 Å². The van der Waals surface area contributed by atoms with E-state index in [1.807, 2.05) is 38.1 Å². The molecule has 0 spiro atoms. The van der Waals surface area contributed by atoms with Gasteiger partial charge < -0.3 is 24.8 Å². The SMILES string of the molecule is CCOc1cc(/C=N\NC(=O)C(=O)NC[C@@H]2CCCO2)cc(I)c1OCC(=O)Nc1ccc(C)cc1. The van der Waals surface area contributed by atoms with Crippen LogP contribution in [0, 0.1) is 10.5 Å². The molecule has 2 aromatic carbocycles. The first-order valence-corrected chi connectivity index (χ1v) is 12.6. The molecule has 1 aliphatic rings. The summed E-state index contributed by atoms with van der Waals surface area (Å²) in [4.78, 5) is 36.2. The molecule has 0 unspecified atom stereocenters. The lowest BCUT2D eigenvalue weighted by molar-refractivity contribution is -0.139. The van der Waals surface area contributed by atoms with E-state index in [0.717, 1.165) is 18.4 Å². The van der Waals surface area contributed by atoms with Gasteiger partial charge in [-0.1, -0.05) is 17.7 Å². The van der Waals surface area contributed by atoms with Gasteiger partial charge in [0.1, 0.15) is 0 Å². The van der Waals surface area contributed by atoms with E-state index in [2.05, 4.69) is 43.8 Å². The normalized spacial score (nSPS) is 14.9. The lowest BCUT2D eigenvalue weighted by Gasteiger charge is -2.14. The number of halogens is 1. The molecule has 1 atom stereocenters. The molecule has 3 rings (SSSR count). The van der Waals surface area contributed by atoms with Crippen LogP contribution in [-0.4, -0.2) is 56.4 Å². The van der Waals surface area contributed by atoms with Crippen molar-refractivity contribution in [3.05, 3.63) is 51.1 Å². The zero-order valence-electron chi connectivity index (χ0n) is 20.1. The number of aryl methyl sites for hydroxylation is 1. The van der Waals surface area contributed by atoms with Gasteiger partial charge in [-0.05, 0) is 79.1 Å². The number of ether oxygens (including phenoxy) is 3. The van der Waals surface area contributed by atoms with Gasteiger partial charge in [-0.25, -0.2) is 5.43 Å². The average Bonchev–Trinajstić information content (AvgIpc) is 3.37. The predicted molar refractivity (Wildman–Crippen MR) is 143 cm³/mol. The van der Waals surface area contributed by atoms with Crippen LogP contribution in [0.25, 0.3) is 0 Å². The molecule has 3 amide bonds. The number of nitrogens with zero attached hydrogens (tertiary/aromatic N) is 1. The van der Waals surface area contributed by atoms with Crippen molar-refractivity contribution in [2.45, 2.75) is 32.8 Å². The molecule has 0 aliphatic carbocycles. The second-order valence-electron chi connectivity index (χ2n) is 8.01. The molecule has 0 aromatic heterocycles. The van der Waals surface area contributed by atoms with E-state index in [1.54, 1.807) is 12.1 Å². The van der Waals surface area contributed by atoms with E-state index in [4.69, 9.17) is 14.2 Å². The third-order valence-corrected chi connectivity index (χ3v) is 5.92. The van der Waals surface area contributed by atoms with Crippen LogP contribution in [0.4, 0.5) is 5.69 Å². The smallest absolute Gasteiger partial charge is 0.329 e. The topological polar surface area (TPSA) is 127 Å². The van der Waals surface area contributed by atoms with E-state index >= 15 is 0 Å². The third-order valence-electron chi connectivity index (χ3n) is 5.11. The number of carbonyl (C=O) groups is 3. The summed E-state index contributed by atoms with van der Waals surface area (Å²) in [6.07, 6.45) is 3.14. The fourth-order valence-electron chi connectivity index (χ4n) is 3.35. The summed E-state index contributed by atoms with van der Waals surface area (Å²) in [6.45, 7) is 4.94. The van der Waals surface area contributed by atoms with Crippen LogP contribution in [0.2, 0.25) is 0 Å². The fraction of sp³-hybridized carbons (Fsp3) is 0.360. The minimum absolute atomic E-state index is 0.0567. The van der Waals surface area contributed by atoms with E-state index in [0.29, 0.717) is 39.5 Å². The molecule has 1 heterocycles. The number of benzene rings is 2. The number of anilines is 1. The predicted octanol–water partition coefficient (Wildman–Crippen LogP) is 2.76. The molecule has 11 heteroatoms. The van der Waals surface area contributed by atoms with Crippen molar-refractivity contribution < 1.29 is 28.6 Å². The van der Waals surface area contributed by atoms with Gasteiger partial charge in [-0.15, -0.1) is 0 Å². The van der Waals surface area contributed by atoms with Crippen molar-refractivity contribution in [1.29, 1.82) is 0 Å². The average molecular weight is 608 g/mol. The number of hydrogen-bond acceptors (Lipinski definition) is 7. The quantitative estimate of drug-likeness (QED) is 0.165. The minimum Gasteiger partial charge on any atom is -0.490 e. The highest BCUT2D eigenvalue weighted by Crippen LogP contribution is 2.34. The summed E-state index contributed by atoms with van der Waals surface area (Å²) in [5.74, 6) is -1.10. The first-order valence-electron chi connectivity index (χ1n) is 11.5. The van der Waals surface area contributed by atoms with Crippen molar-refractivity contribution in [2.75, 3.05) is 31.7 Å². The minimum atomic E-state index is -0.872. The van der Waals surface area contributed by atoms with Crippen molar-refractivity contribution in [3.8, 4) is 11.5 Å². The van der Waals surface area contributed by atoms with E-state index in [1.165, 1.54) is 6.21 Å². The molecule has 36 heavy (non-hydrogen) atoms. The largest absolute Gasteiger partial charge is 0.490 e. The Morgan fingerprint density at radius 3 is 2.64 bits per heavy atom. The number of hydrazone groups is 1. The Bertz CT molecular complexity index is 1100. The van der Waals surface area contributed by atoms with Crippen LogP contribution in [-0.2, 0) is 19.1 Å². The van der Waals surface area contributed by atoms with Crippen molar-refractivity contribution in [2.24, 2.45) is 5.10 Å². The molecule has 10 nitrogen and oxygen atoms in total. The van der Waals surface area contributed by atoms with Gasteiger partial charge >= 0.3 is 11.8 Å². The fourth-order valence-corrected chi connectivity index (χ4v) is 4.13. The van der Waals surface area contributed by atoms with Gasteiger partial charge in [0.25, 0.3) is 5.91 Å². The zero-order chi connectivity index (χ0) is 25.9. The Hall–Kier alpha value is -3.19. The molecule has 1 fully saturated rings. The van der Waals surface area contributed by atoms with Crippen LogP contribution < -0.4 is 25.5 Å². The molecular weight excluding hydrogens is 579 g/mol. The van der Waals surface area contributed by atoms with Gasteiger partial charge in [0.05, 0.1) is 22.5 Å². The second kappa shape index (κ2) is 13.8. The van der Waals surface area contributed by atoms with E-state index in [9.17, 15) is 14.4 Å². The summed E-state index contributed by atoms with van der Waals surface area (Å²) in [5.41, 5.74) is 4.60. The molecule has 3 N–H and O–H groups in total. The van der Waals surface area contributed by atoms with Crippen LogP contribution >= 0.6 is 22.6 Å². The van der Waals surface area contributed by atoms with Gasteiger partial charge in [-0.3, -0.25) is 14.4 Å². The summed E-state index contributed by atoms with van der Waals surface area (Å²) < 4.78 is 17.5. The van der Waals surface area contributed by atoms with Crippen molar-refractivity contribution in [3.63, 3.8) is 0 Å². The molecule has 1 aliphatic heterocycles. The van der Waals surface area contributed by atoms with Crippen LogP contribution in [0.3, 0.4) is 0 Å². The molecule has 1 saturated heterocycles. The lowest BCUT2D eigenvalue weighted by atomic mass is 10.2. The molecule has 0 bridgehead atoms. The highest BCUT2D eigenvalue weighted by molar-refractivity contribution is 14.1. The summed E-state index contributed by atoms with van der Waals surface area (Å²) in [5, 5.41) is 9.18. The standard InChI is InChI=1S/C25H29IN4O6/c1-3-34-21-12-17(13-28-30-25(33)24(32)27-14-19-5-4-10-35-19)11-20(26)23(21)36-15-22(31)29-18-8-6-16(2)7-9-18/h6-9,11-13,19H,3-5,10,14-15H2,1-2H3,(H,27,32)(H,29,31)(H,30,33)/b28-13-/t19-/m0/s1. The second-order valence-corrected chi connectivity index (χ2v) is 9.17. The highest BCUT2D eigenvalue weighted by Gasteiger charge is 2.19. The number of nitrogens with one attached hydrogen (secondary N) is 3. The maximum atomic E-state index is 12.3. The Labute approximate surface area is 223 Å². The number of carbonyl (C=O) groups excluding carboxylic acids is 3. The molecule has 192 valence electrons. The molecule has 0 radical (unpaired) electrons. The van der Waals surface area contributed by atoms with Gasteiger partial charge in [0.15, 0.2) is 18.1 Å². The number of amides is 3. The third kappa shape index (κ3) is 8.48. The monoisotopic (exact) mass is 608 g/mol.